The van der Waals surface area contributed by atoms with Crippen LogP contribution < -0.4 is 0 Å². The average molecular weight is 211 g/mol. The van der Waals surface area contributed by atoms with Crippen LogP contribution in [0.2, 0.25) is 0 Å². The van der Waals surface area contributed by atoms with E-state index in [-0.39, 0.29) is 0 Å². The lowest BCUT2D eigenvalue weighted by molar-refractivity contribution is 0.0525. The van der Waals surface area contributed by atoms with Crippen molar-refractivity contribution < 1.29 is 13.9 Å². The minimum absolute atomic E-state index is 0.325. The van der Waals surface area contributed by atoms with Crippen molar-refractivity contribution in [3.8, 4) is 0 Å². The summed E-state index contributed by atoms with van der Waals surface area (Å²) in [6.07, 6.45) is 2.01. The maximum atomic E-state index is 12.5. The predicted octanol–water partition coefficient (Wildman–Crippen LogP) is 2.29. The van der Waals surface area contributed by atoms with Crippen molar-refractivity contribution >= 4 is 5.97 Å². The number of carbonyl (C=O) groups is 1. The third-order valence-electron chi connectivity index (χ3n) is 2.08. The second-order valence-corrected chi connectivity index (χ2v) is 3.04. The summed E-state index contributed by atoms with van der Waals surface area (Å²) in [7, 11) is 0. The molecule has 4 heteroatoms. The van der Waals surface area contributed by atoms with Gasteiger partial charge in [0.2, 0.25) is 0 Å². The Labute approximate surface area is 88.3 Å². The van der Waals surface area contributed by atoms with Crippen LogP contribution in [0.1, 0.15) is 35.5 Å². The first-order chi connectivity index (χ1) is 7.22. The molecule has 1 aromatic rings. The molecule has 0 aromatic carbocycles. The van der Waals surface area contributed by atoms with Gasteiger partial charge in [-0.3, -0.25) is 4.98 Å². The van der Waals surface area contributed by atoms with Crippen LogP contribution in [0.25, 0.3) is 0 Å². The maximum Gasteiger partial charge on any atom is 0.339 e. The Morgan fingerprint density at radius 3 is 2.80 bits per heavy atom. The van der Waals surface area contributed by atoms with E-state index in [2.05, 4.69) is 4.98 Å². The zero-order valence-electron chi connectivity index (χ0n) is 8.92. The highest BCUT2D eigenvalue weighted by Crippen LogP contribution is 2.12. The number of ether oxygens (including phenoxy) is 1. The normalized spacial score (nSPS) is 10.1. The molecule has 0 unspecified atom stereocenters. The molecule has 1 aromatic heterocycles. The number of carbonyl (C=O) groups excluding carboxylic acids is 1. The summed E-state index contributed by atoms with van der Waals surface area (Å²) in [5, 5.41) is 0. The molecule has 0 saturated heterocycles. The Morgan fingerprint density at radius 1 is 1.53 bits per heavy atom. The van der Waals surface area contributed by atoms with Crippen LogP contribution in [-0.4, -0.2) is 17.6 Å². The monoisotopic (exact) mass is 211 g/mol. The molecule has 15 heavy (non-hydrogen) atoms. The largest absolute Gasteiger partial charge is 0.462 e. The Bertz CT molecular complexity index is 352. The molecule has 0 aliphatic heterocycles. The van der Waals surface area contributed by atoms with Crippen molar-refractivity contribution in [2.45, 2.75) is 26.9 Å². The Balaban J connectivity index is 2.97. The van der Waals surface area contributed by atoms with Gasteiger partial charge >= 0.3 is 5.97 Å². The number of nitrogens with zero attached hydrogens (tertiary/aromatic N) is 1. The van der Waals surface area contributed by atoms with Crippen molar-refractivity contribution in [2.75, 3.05) is 6.61 Å². The van der Waals surface area contributed by atoms with E-state index < -0.39 is 12.6 Å². The number of hydrogen-bond acceptors (Lipinski definition) is 3. The van der Waals surface area contributed by atoms with Gasteiger partial charge in [0.15, 0.2) is 0 Å². The number of hydrogen-bond donors (Lipinski definition) is 0. The van der Waals surface area contributed by atoms with Crippen molar-refractivity contribution in [2.24, 2.45) is 0 Å². The van der Waals surface area contributed by atoms with E-state index >= 15 is 0 Å². The number of alkyl halides is 1. The van der Waals surface area contributed by atoms with E-state index in [1.807, 2.05) is 6.92 Å². The molecule has 0 saturated carbocycles. The number of rotatable bonds is 4. The average Bonchev–Trinajstić information content (AvgIpc) is 2.28. The molecule has 0 fully saturated rings. The van der Waals surface area contributed by atoms with E-state index in [1.165, 1.54) is 6.20 Å². The predicted molar refractivity (Wildman–Crippen MR) is 54.4 cm³/mol. The molecule has 82 valence electrons. The van der Waals surface area contributed by atoms with Crippen molar-refractivity contribution in [3.63, 3.8) is 0 Å². The van der Waals surface area contributed by atoms with E-state index in [4.69, 9.17) is 4.74 Å². The lowest BCUT2D eigenvalue weighted by atomic mass is 10.1. The molecule has 0 atom stereocenters. The van der Waals surface area contributed by atoms with Gasteiger partial charge in [-0.15, -0.1) is 0 Å². The van der Waals surface area contributed by atoms with Gasteiger partial charge in [0.05, 0.1) is 17.9 Å². The molecular weight excluding hydrogens is 197 g/mol. The minimum atomic E-state index is -0.605. The fourth-order valence-electron chi connectivity index (χ4n) is 1.29. The van der Waals surface area contributed by atoms with Crippen LogP contribution in [0.4, 0.5) is 4.39 Å². The quantitative estimate of drug-likeness (QED) is 0.717. The van der Waals surface area contributed by atoms with E-state index in [0.717, 1.165) is 5.56 Å². The first-order valence-corrected chi connectivity index (χ1v) is 4.93. The summed E-state index contributed by atoms with van der Waals surface area (Å²) in [6.45, 7) is 3.35. The number of aromatic nitrogens is 1. The molecule has 0 aliphatic rings. The highest BCUT2D eigenvalue weighted by Gasteiger charge is 2.10. The van der Waals surface area contributed by atoms with Crippen molar-refractivity contribution in [1.82, 2.24) is 4.98 Å². The SMILES string of the molecule is CCOC(=O)c1cnc(CF)c(CC)c1. The molecule has 0 spiro atoms. The first-order valence-electron chi connectivity index (χ1n) is 4.93. The standard InChI is InChI=1S/C11H14FNO2/c1-3-8-5-9(11(14)15-4-2)7-13-10(8)6-12/h5,7H,3-4,6H2,1-2H3. The second kappa shape index (κ2) is 5.44. The van der Waals surface area contributed by atoms with Crippen LogP contribution in [0, 0.1) is 0 Å². The van der Waals surface area contributed by atoms with E-state index in [1.54, 1.807) is 13.0 Å². The van der Waals surface area contributed by atoms with E-state index in [9.17, 15) is 9.18 Å². The van der Waals surface area contributed by atoms with Gasteiger partial charge in [0.25, 0.3) is 0 Å². The smallest absolute Gasteiger partial charge is 0.339 e. The van der Waals surface area contributed by atoms with Crippen LogP contribution >= 0.6 is 0 Å². The van der Waals surface area contributed by atoms with Gasteiger partial charge in [-0.2, -0.15) is 0 Å². The summed E-state index contributed by atoms with van der Waals surface area (Å²) in [6, 6.07) is 1.64. The summed E-state index contributed by atoms with van der Waals surface area (Å²) in [5.41, 5.74) is 1.53. The highest BCUT2D eigenvalue weighted by molar-refractivity contribution is 5.89. The van der Waals surface area contributed by atoms with Crippen LogP contribution in [-0.2, 0) is 17.8 Å². The molecule has 0 aliphatic carbocycles. The number of halogens is 1. The Hall–Kier alpha value is -1.45. The highest BCUT2D eigenvalue weighted by atomic mass is 19.1. The molecule has 3 nitrogen and oxygen atoms in total. The van der Waals surface area contributed by atoms with Gasteiger partial charge < -0.3 is 4.74 Å². The molecule has 0 N–H and O–H groups in total. The number of pyridine rings is 1. The first kappa shape index (κ1) is 11.6. The second-order valence-electron chi connectivity index (χ2n) is 3.04. The summed E-state index contributed by atoms with van der Waals surface area (Å²) in [4.78, 5) is 15.3. The molecule has 0 radical (unpaired) electrons. The lowest BCUT2D eigenvalue weighted by Gasteiger charge is -2.06. The van der Waals surface area contributed by atoms with Gasteiger partial charge in [-0.25, -0.2) is 9.18 Å². The zero-order chi connectivity index (χ0) is 11.3. The number of aryl methyl sites for hydroxylation is 1. The Morgan fingerprint density at radius 2 is 2.27 bits per heavy atom. The fraction of sp³-hybridized carbons (Fsp3) is 0.455. The van der Waals surface area contributed by atoms with Crippen LogP contribution in [0.15, 0.2) is 12.3 Å². The Kier molecular flexibility index (Phi) is 4.21. The van der Waals surface area contributed by atoms with Crippen LogP contribution in [0.5, 0.6) is 0 Å². The van der Waals surface area contributed by atoms with E-state index in [0.29, 0.717) is 24.3 Å². The van der Waals surface area contributed by atoms with Gasteiger partial charge in [-0.1, -0.05) is 6.92 Å². The third kappa shape index (κ3) is 2.75. The molecule has 1 rings (SSSR count). The summed E-state index contributed by atoms with van der Waals surface area (Å²) < 4.78 is 17.3. The van der Waals surface area contributed by atoms with Crippen LogP contribution in [0.3, 0.4) is 0 Å². The minimum Gasteiger partial charge on any atom is -0.462 e. The molecule has 1 heterocycles. The van der Waals surface area contributed by atoms with Crippen molar-refractivity contribution in [3.05, 3.63) is 29.1 Å². The molecule has 0 bridgehead atoms. The zero-order valence-corrected chi connectivity index (χ0v) is 8.92. The number of esters is 1. The lowest BCUT2D eigenvalue weighted by Crippen LogP contribution is -2.07. The van der Waals surface area contributed by atoms with Gasteiger partial charge in [0.1, 0.15) is 6.67 Å². The van der Waals surface area contributed by atoms with Gasteiger partial charge in [0, 0.05) is 6.20 Å². The van der Waals surface area contributed by atoms with Crippen molar-refractivity contribution in [1.29, 1.82) is 0 Å². The molecular formula is C11H14FNO2. The topological polar surface area (TPSA) is 39.2 Å². The third-order valence-corrected chi connectivity index (χ3v) is 2.08. The maximum absolute atomic E-state index is 12.5. The van der Waals surface area contributed by atoms with Gasteiger partial charge in [-0.05, 0) is 25.0 Å². The fourth-order valence-corrected chi connectivity index (χ4v) is 1.29. The summed E-state index contributed by atoms with van der Waals surface area (Å²) >= 11 is 0. The molecule has 0 amide bonds. The summed E-state index contributed by atoms with van der Waals surface area (Å²) in [5.74, 6) is -0.412.